The summed E-state index contributed by atoms with van der Waals surface area (Å²) in [5.41, 5.74) is 3.56. The number of hydrogen-bond donors (Lipinski definition) is 0. The second-order valence-corrected chi connectivity index (χ2v) is 7.89. The Balaban J connectivity index is 0.000000192. The topological polar surface area (TPSA) is 24.9 Å². The van der Waals surface area contributed by atoms with Crippen LogP contribution >= 0.6 is 0 Å². The molecule has 0 aromatic heterocycles. The van der Waals surface area contributed by atoms with Crippen LogP contribution in [0.1, 0.15) is 31.4 Å². The highest BCUT2D eigenvalue weighted by atomic mass is 16.7. The van der Waals surface area contributed by atoms with E-state index in [4.69, 9.17) is 9.68 Å². The molecular formula is C31H38N2O2. The summed E-state index contributed by atoms with van der Waals surface area (Å²) in [6.07, 6.45) is 1.25. The van der Waals surface area contributed by atoms with Gasteiger partial charge in [-0.25, -0.2) is 0 Å². The lowest BCUT2D eigenvalue weighted by Crippen LogP contribution is -2.20. The number of benzene rings is 4. The van der Waals surface area contributed by atoms with E-state index >= 15 is 0 Å². The van der Waals surface area contributed by atoms with Crippen LogP contribution in [0.2, 0.25) is 0 Å². The zero-order valence-corrected chi connectivity index (χ0v) is 21.4. The predicted molar refractivity (Wildman–Crippen MR) is 147 cm³/mol. The normalized spacial score (nSPS) is 11.2. The molecule has 4 nitrogen and oxygen atoms in total. The molecule has 0 unspecified atom stereocenters. The van der Waals surface area contributed by atoms with Crippen LogP contribution in [-0.2, 0) is 17.9 Å². The summed E-state index contributed by atoms with van der Waals surface area (Å²) >= 11 is 0. The van der Waals surface area contributed by atoms with Crippen molar-refractivity contribution in [2.24, 2.45) is 0 Å². The highest BCUT2D eigenvalue weighted by molar-refractivity contribution is 5.44. The van der Waals surface area contributed by atoms with Crippen LogP contribution < -0.4 is 9.90 Å². The van der Waals surface area contributed by atoms with Gasteiger partial charge in [-0.05, 0) is 23.8 Å². The van der Waals surface area contributed by atoms with Crippen molar-refractivity contribution < 1.29 is 9.68 Å². The first-order chi connectivity index (χ1) is 17.2. The van der Waals surface area contributed by atoms with Crippen LogP contribution in [0.15, 0.2) is 121 Å². The molecule has 1 heterocycles. The molecule has 0 radical (unpaired) electrons. The van der Waals surface area contributed by atoms with Gasteiger partial charge in [0.15, 0.2) is 5.75 Å². The summed E-state index contributed by atoms with van der Waals surface area (Å²) in [5.74, 6) is 0.991. The smallest absolute Gasteiger partial charge is 0.152 e. The Kier molecular flexibility index (Phi) is 13.4. The molecule has 0 spiro atoms. The monoisotopic (exact) mass is 470 g/mol. The molecule has 0 N–H and O–H groups in total. The molecule has 4 aromatic rings. The third kappa shape index (κ3) is 10.9. The molecule has 0 saturated heterocycles. The summed E-state index contributed by atoms with van der Waals surface area (Å²) < 4.78 is 0. The lowest BCUT2D eigenvalue weighted by molar-refractivity contribution is -0.0137. The van der Waals surface area contributed by atoms with Gasteiger partial charge in [0.05, 0.1) is 25.9 Å². The summed E-state index contributed by atoms with van der Waals surface area (Å²) in [6.45, 7) is 5.90. The molecule has 4 heteroatoms. The van der Waals surface area contributed by atoms with Crippen LogP contribution in [0.25, 0.3) is 0 Å². The lowest BCUT2D eigenvalue weighted by atomic mass is 10.2. The van der Waals surface area contributed by atoms with Gasteiger partial charge in [0.1, 0.15) is 0 Å². The first-order valence-electron chi connectivity index (χ1n) is 12.1. The average molecular weight is 471 g/mol. The standard InChI is InChI=1S/C14H15NO.C8H9NO.C6H6.C3H8/c1-16-15(14-10-6-3-7-11-14)12-13-8-4-2-5-9-13;1-9-6-7-4-2-3-5-8(7)10-9;1-2-4-6-5-3-1;1-3-2/h2-11H,12H2,1H3;2-5H,6H2,1H3;1-6H;3H2,1-2H3. The summed E-state index contributed by atoms with van der Waals surface area (Å²) in [6, 6.07) is 40.4. The molecule has 5 rings (SSSR count). The van der Waals surface area contributed by atoms with Crippen molar-refractivity contribution >= 4 is 5.69 Å². The fourth-order valence-corrected chi connectivity index (χ4v) is 3.15. The highest BCUT2D eigenvalue weighted by Crippen LogP contribution is 2.25. The largest absolute Gasteiger partial charge is 0.406 e. The van der Waals surface area contributed by atoms with Gasteiger partial charge < -0.3 is 4.84 Å². The minimum Gasteiger partial charge on any atom is -0.406 e. The Labute approximate surface area is 211 Å². The molecule has 0 saturated carbocycles. The molecule has 35 heavy (non-hydrogen) atoms. The molecule has 0 bridgehead atoms. The number of anilines is 1. The van der Waals surface area contributed by atoms with Crippen LogP contribution in [0.4, 0.5) is 5.69 Å². The van der Waals surface area contributed by atoms with Crippen molar-refractivity contribution in [2.75, 3.05) is 19.2 Å². The maximum absolute atomic E-state index is 5.37. The fourth-order valence-electron chi connectivity index (χ4n) is 3.15. The van der Waals surface area contributed by atoms with Gasteiger partial charge in [-0.2, -0.15) is 0 Å². The summed E-state index contributed by atoms with van der Waals surface area (Å²) in [5, 5.41) is 3.69. The second-order valence-electron chi connectivity index (χ2n) is 7.89. The van der Waals surface area contributed by atoms with Gasteiger partial charge in [0, 0.05) is 12.6 Å². The van der Waals surface area contributed by atoms with Gasteiger partial charge in [0.2, 0.25) is 0 Å². The Morgan fingerprint density at radius 3 is 1.69 bits per heavy atom. The number of hydroxylamine groups is 3. The molecule has 1 aliphatic heterocycles. The number of fused-ring (bicyclic) bond motifs is 1. The van der Waals surface area contributed by atoms with Crippen LogP contribution in [-0.4, -0.2) is 19.2 Å². The molecule has 0 aliphatic carbocycles. The zero-order valence-electron chi connectivity index (χ0n) is 21.4. The maximum atomic E-state index is 5.37. The van der Waals surface area contributed by atoms with Crippen molar-refractivity contribution in [3.8, 4) is 5.75 Å². The van der Waals surface area contributed by atoms with E-state index in [9.17, 15) is 0 Å². The van der Waals surface area contributed by atoms with Gasteiger partial charge in [0.25, 0.3) is 0 Å². The van der Waals surface area contributed by atoms with E-state index in [0.29, 0.717) is 0 Å². The van der Waals surface area contributed by atoms with E-state index in [1.54, 1.807) is 7.11 Å². The molecule has 184 valence electrons. The minimum absolute atomic E-state index is 0.751. The van der Waals surface area contributed by atoms with E-state index in [0.717, 1.165) is 24.5 Å². The van der Waals surface area contributed by atoms with Gasteiger partial charge >= 0.3 is 0 Å². The lowest BCUT2D eigenvalue weighted by Gasteiger charge is -2.21. The third-order valence-corrected chi connectivity index (χ3v) is 4.72. The van der Waals surface area contributed by atoms with Crippen molar-refractivity contribution in [1.82, 2.24) is 5.06 Å². The fraction of sp³-hybridized carbons (Fsp3) is 0.226. The van der Waals surface area contributed by atoms with Gasteiger partial charge in [-0.15, -0.1) is 5.06 Å². The molecular weight excluding hydrogens is 432 g/mol. The van der Waals surface area contributed by atoms with Crippen molar-refractivity contribution in [3.05, 3.63) is 132 Å². The minimum atomic E-state index is 0.751. The molecule has 0 atom stereocenters. The summed E-state index contributed by atoms with van der Waals surface area (Å²) in [4.78, 5) is 10.7. The van der Waals surface area contributed by atoms with Crippen LogP contribution in [0.3, 0.4) is 0 Å². The van der Waals surface area contributed by atoms with Crippen molar-refractivity contribution in [1.29, 1.82) is 0 Å². The Morgan fingerprint density at radius 1 is 0.714 bits per heavy atom. The van der Waals surface area contributed by atoms with Crippen LogP contribution in [0.5, 0.6) is 5.75 Å². The zero-order chi connectivity index (χ0) is 25.1. The van der Waals surface area contributed by atoms with Crippen molar-refractivity contribution in [3.63, 3.8) is 0 Å². The van der Waals surface area contributed by atoms with E-state index < -0.39 is 0 Å². The first-order valence-corrected chi connectivity index (χ1v) is 12.1. The molecule has 0 amide bonds. The molecule has 4 aromatic carbocycles. The Morgan fingerprint density at radius 2 is 1.17 bits per heavy atom. The highest BCUT2D eigenvalue weighted by Gasteiger charge is 2.15. The summed E-state index contributed by atoms with van der Waals surface area (Å²) in [7, 11) is 3.62. The van der Waals surface area contributed by atoms with E-state index in [2.05, 4.69) is 32.0 Å². The number of hydrogen-bond acceptors (Lipinski definition) is 4. The molecule has 0 fully saturated rings. The first kappa shape index (κ1) is 27.6. The van der Waals surface area contributed by atoms with E-state index in [-0.39, 0.29) is 0 Å². The van der Waals surface area contributed by atoms with E-state index in [1.165, 1.54) is 17.5 Å². The molecule has 1 aliphatic rings. The van der Waals surface area contributed by atoms with E-state index in [1.807, 2.05) is 120 Å². The van der Waals surface area contributed by atoms with Crippen LogP contribution in [0, 0.1) is 0 Å². The predicted octanol–water partition coefficient (Wildman–Crippen LogP) is 7.78. The number of nitrogens with zero attached hydrogens (tertiary/aromatic N) is 2. The number of para-hydroxylation sites is 2. The second kappa shape index (κ2) is 16.9. The number of rotatable bonds is 4. The third-order valence-electron chi connectivity index (χ3n) is 4.72. The Bertz CT molecular complexity index is 976. The quantitative estimate of drug-likeness (QED) is 0.284. The Hall–Kier alpha value is -3.60. The SMILES string of the molecule is CCC.CN1Cc2ccccc2O1.CON(Cc1ccccc1)c1ccccc1.c1ccccc1. The average Bonchev–Trinajstić information content (AvgIpc) is 3.31. The van der Waals surface area contributed by atoms with Gasteiger partial charge in [-0.1, -0.05) is 123 Å². The van der Waals surface area contributed by atoms with Gasteiger partial charge in [-0.3, -0.25) is 9.90 Å². The van der Waals surface area contributed by atoms with Crippen molar-refractivity contribution in [2.45, 2.75) is 33.4 Å². The maximum Gasteiger partial charge on any atom is 0.152 e.